The monoisotopic (exact) mass is 373 g/mol. The van der Waals surface area contributed by atoms with Crippen LogP contribution in [0, 0.1) is 5.41 Å². The summed E-state index contributed by atoms with van der Waals surface area (Å²) in [4.78, 5) is 22.6. The molecule has 0 aromatic heterocycles. The maximum Gasteiger partial charge on any atom is 0.323 e. The third-order valence-corrected chi connectivity index (χ3v) is 1.90. The van der Waals surface area contributed by atoms with Crippen LogP contribution in [0.5, 0.6) is 0 Å². The number of hydrogen-bond acceptors (Lipinski definition) is 3. The average molecular weight is 375 g/mol. The van der Waals surface area contributed by atoms with E-state index in [-0.39, 0.29) is 57.9 Å². The molecule has 0 spiro atoms. The van der Waals surface area contributed by atoms with Crippen LogP contribution in [0.25, 0.3) is 0 Å². The van der Waals surface area contributed by atoms with Crippen LogP contribution < -0.4 is 0 Å². The van der Waals surface area contributed by atoms with Crippen LogP contribution in [0.1, 0.15) is 0 Å². The predicted octanol–water partition coefficient (Wildman–Crippen LogP) is -0.918. The number of hydrogen-bond donors (Lipinski definition) is 2. The third-order valence-electron chi connectivity index (χ3n) is 1.90. The Morgan fingerprint density at radius 2 is 1.46 bits per heavy atom. The van der Waals surface area contributed by atoms with Crippen molar-refractivity contribution in [1.82, 2.24) is 4.90 Å². The summed E-state index contributed by atoms with van der Waals surface area (Å²) in [7, 11) is 1.68. The molecule has 0 aromatic carbocycles. The second-order valence-corrected chi connectivity index (χ2v) is 2.86. The van der Waals surface area contributed by atoms with Crippen LogP contribution in [-0.4, -0.2) is 47.2 Å². The van der Waals surface area contributed by atoms with Crippen LogP contribution in [0.4, 0.5) is 0 Å². The standard InChI is InChI=1S/C6H9NO4.2Ag/c1-7-2-6(3-7,4(8)9)5(10)11;;/h2-3H2,1H3,(H,8,9)(H,10,11);;. The summed E-state index contributed by atoms with van der Waals surface area (Å²) >= 11 is 0. The van der Waals surface area contributed by atoms with Gasteiger partial charge in [0.2, 0.25) is 0 Å². The molecule has 0 unspecified atom stereocenters. The molecule has 0 aliphatic carbocycles. The van der Waals surface area contributed by atoms with E-state index in [1.54, 1.807) is 11.9 Å². The molecule has 84 valence electrons. The Kier molecular flexibility index (Phi) is 6.47. The first-order valence-electron chi connectivity index (χ1n) is 3.14. The van der Waals surface area contributed by atoms with Gasteiger partial charge in [-0.05, 0) is 7.05 Å². The average Bonchev–Trinajstić information content (AvgIpc) is 1.78. The Morgan fingerprint density at radius 3 is 1.54 bits per heavy atom. The van der Waals surface area contributed by atoms with Gasteiger partial charge in [-0.25, -0.2) is 0 Å². The molecule has 1 rings (SSSR count). The van der Waals surface area contributed by atoms with E-state index in [0.717, 1.165) is 0 Å². The Labute approximate surface area is 106 Å². The molecular formula is C6H9Ag2NO4. The van der Waals surface area contributed by atoms with E-state index in [9.17, 15) is 9.59 Å². The molecule has 0 bridgehead atoms. The number of nitrogens with zero attached hydrogens (tertiary/aromatic N) is 1. The van der Waals surface area contributed by atoms with Gasteiger partial charge in [0.05, 0.1) is 0 Å². The molecule has 1 heterocycles. The van der Waals surface area contributed by atoms with Crippen LogP contribution in [0.2, 0.25) is 0 Å². The summed E-state index contributed by atoms with van der Waals surface area (Å²) in [6.45, 7) is 0.190. The van der Waals surface area contributed by atoms with Gasteiger partial charge < -0.3 is 15.1 Å². The van der Waals surface area contributed by atoms with Crippen LogP contribution >= 0.6 is 0 Å². The quantitative estimate of drug-likeness (QED) is 0.483. The second-order valence-electron chi connectivity index (χ2n) is 2.86. The van der Waals surface area contributed by atoms with Gasteiger partial charge in [0.1, 0.15) is 0 Å². The van der Waals surface area contributed by atoms with Crippen molar-refractivity contribution in [3.8, 4) is 0 Å². The fraction of sp³-hybridized carbons (Fsp3) is 0.667. The van der Waals surface area contributed by atoms with Crippen LogP contribution in [0.3, 0.4) is 0 Å². The van der Waals surface area contributed by atoms with Crippen LogP contribution in [-0.2, 0) is 54.3 Å². The number of likely N-dealkylation sites (tertiary alicyclic amines) is 1. The number of carbonyl (C=O) groups is 2. The number of carboxylic acids is 2. The zero-order chi connectivity index (χ0) is 8.65. The fourth-order valence-corrected chi connectivity index (χ4v) is 1.24. The Bertz CT molecular complexity index is 199. The largest absolute Gasteiger partial charge is 0.480 e. The summed E-state index contributed by atoms with van der Waals surface area (Å²) in [5.41, 5.74) is -1.55. The number of carboxylic acid groups (broad SMARTS) is 2. The van der Waals surface area contributed by atoms with E-state index in [4.69, 9.17) is 10.2 Å². The maximum absolute atomic E-state index is 10.5. The fourth-order valence-electron chi connectivity index (χ4n) is 1.24. The number of aliphatic carboxylic acids is 2. The van der Waals surface area contributed by atoms with Crippen molar-refractivity contribution in [2.45, 2.75) is 0 Å². The Balaban J connectivity index is 0. The SMILES string of the molecule is CN1CC(C(=O)O)(C(=O)O)C1.[Ag].[Ag]. The van der Waals surface area contributed by atoms with Crippen molar-refractivity contribution in [1.29, 1.82) is 0 Å². The Morgan fingerprint density at radius 1 is 1.15 bits per heavy atom. The molecule has 2 radical (unpaired) electrons. The summed E-state index contributed by atoms with van der Waals surface area (Å²) in [6.07, 6.45) is 0. The number of rotatable bonds is 2. The van der Waals surface area contributed by atoms with Crippen molar-refractivity contribution < 1.29 is 64.6 Å². The van der Waals surface area contributed by atoms with Crippen molar-refractivity contribution >= 4 is 11.9 Å². The smallest absolute Gasteiger partial charge is 0.323 e. The van der Waals surface area contributed by atoms with Crippen molar-refractivity contribution in [2.24, 2.45) is 5.41 Å². The van der Waals surface area contributed by atoms with Gasteiger partial charge in [-0.1, -0.05) is 0 Å². The molecule has 1 saturated heterocycles. The first-order chi connectivity index (χ1) is 4.99. The molecule has 0 amide bonds. The minimum Gasteiger partial charge on any atom is -0.480 e. The minimum atomic E-state index is -1.55. The second kappa shape index (κ2) is 5.31. The summed E-state index contributed by atoms with van der Waals surface area (Å²) in [6, 6.07) is 0. The van der Waals surface area contributed by atoms with E-state index in [0.29, 0.717) is 0 Å². The third kappa shape index (κ3) is 2.66. The maximum atomic E-state index is 10.5. The molecule has 1 aliphatic heterocycles. The van der Waals surface area contributed by atoms with Gasteiger partial charge in [-0.15, -0.1) is 0 Å². The zero-order valence-corrected chi connectivity index (χ0v) is 9.64. The van der Waals surface area contributed by atoms with Crippen molar-refractivity contribution in [3.63, 3.8) is 0 Å². The Hall–Kier alpha value is 0.381. The van der Waals surface area contributed by atoms with E-state index in [2.05, 4.69) is 0 Å². The van der Waals surface area contributed by atoms with Crippen LogP contribution in [0.15, 0.2) is 0 Å². The summed E-state index contributed by atoms with van der Waals surface area (Å²) in [5.74, 6) is -2.49. The molecule has 1 fully saturated rings. The molecule has 0 aromatic rings. The molecule has 7 heteroatoms. The van der Waals surface area contributed by atoms with E-state index in [1.807, 2.05) is 0 Å². The van der Waals surface area contributed by atoms with Crippen molar-refractivity contribution in [2.75, 3.05) is 20.1 Å². The summed E-state index contributed by atoms with van der Waals surface area (Å²) in [5, 5.41) is 17.1. The zero-order valence-electron chi connectivity index (χ0n) is 6.68. The van der Waals surface area contributed by atoms with E-state index in [1.165, 1.54) is 0 Å². The van der Waals surface area contributed by atoms with Gasteiger partial charge in [-0.3, -0.25) is 9.59 Å². The molecular weight excluding hydrogens is 366 g/mol. The minimum absolute atomic E-state index is 0. The first kappa shape index (κ1) is 15.8. The normalized spacial score (nSPS) is 18.8. The predicted molar refractivity (Wildman–Crippen MR) is 35.2 cm³/mol. The van der Waals surface area contributed by atoms with Gasteiger partial charge in [-0.2, -0.15) is 0 Å². The van der Waals surface area contributed by atoms with Crippen molar-refractivity contribution in [3.05, 3.63) is 0 Å². The van der Waals surface area contributed by atoms with E-state index >= 15 is 0 Å². The van der Waals surface area contributed by atoms with Gasteiger partial charge >= 0.3 is 11.9 Å². The topological polar surface area (TPSA) is 77.8 Å². The van der Waals surface area contributed by atoms with Gasteiger partial charge in [0, 0.05) is 57.9 Å². The van der Waals surface area contributed by atoms with Gasteiger partial charge in [0.25, 0.3) is 0 Å². The molecule has 0 atom stereocenters. The summed E-state index contributed by atoms with van der Waals surface area (Å²) < 4.78 is 0. The molecule has 1 aliphatic rings. The van der Waals surface area contributed by atoms with Gasteiger partial charge in [0.15, 0.2) is 5.41 Å². The molecule has 2 N–H and O–H groups in total. The molecule has 5 nitrogen and oxygen atoms in total. The molecule has 13 heavy (non-hydrogen) atoms. The first-order valence-corrected chi connectivity index (χ1v) is 3.14. The molecule has 0 saturated carbocycles. The van der Waals surface area contributed by atoms with E-state index < -0.39 is 17.4 Å².